The molecule has 7 aliphatic heterocycles. The number of hydrogen-bond donors (Lipinski definition) is 13. The summed E-state index contributed by atoms with van der Waals surface area (Å²) in [6.45, 7) is 12.1. The molecule has 9 unspecified atom stereocenters. The smallest absolute Gasteiger partial charge is 0.373 e. The van der Waals surface area contributed by atoms with E-state index in [1.807, 2.05) is 47.0 Å². The number of Topliss-reactive ketones (excluding diaryl/α,β-unsaturated/α-hetero) is 1. The van der Waals surface area contributed by atoms with Gasteiger partial charge < -0.3 is 96.3 Å². The molecule has 6 aromatic rings. The minimum absolute atomic E-state index is 0.00653. The number of rotatable bonds is 39. The molecule has 0 saturated carbocycles. The summed E-state index contributed by atoms with van der Waals surface area (Å²) < 4.78 is 36.6. The lowest BCUT2D eigenvalue weighted by atomic mass is 9.76. The first-order valence-corrected chi connectivity index (χ1v) is 51.1. The summed E-state index contributed by atoms with van der Waals surface area (Å²) in [6.07, 6.45) is 20.3. The molecule has 3 aliphatic carbocycles. The first-order chi connectivity index (χ1) is 70.7. The van der Waals surface area contributed by atoms with Gasteiger partial charge in [0.1, 0.15) is 5.78 Å². The number of hydrogen-bond acceptors (Lipinski definition) is 33. The van der Waals surface area contributed by atoms with Crippen molar-refractivity contribution in [1.82, 2.24) is 60.9 Å². The van der Waals surface area contributed by atoms with Crippen LogP contribution in [0, 0.1) is 17.8 Å². The van der Waals surface area contributed by atoms with E-state index in [2.05, 4.69) is 229 Å². The quantitative estimate of drug-likeness (QED) is 0.0128. The number of allylic oxidation sites excluding steroid dienone is 7. The van der Waals surface area contributed by atoms with Crippen LogP contribution in [-0.2, 0) is 91.2 Å². The fourth-order valence-corrected chi connectivity index (χ4v) is 21.2. The predicted molar refractivity (Wildman–Crippen MR) is 551 cm³/mol. The molecule has 6 aromatic carbocycles. The van der Waals surface area contributed by atoms with Gasteiger partial charge in [0.15, 0.2) is 34.5 Å². The summed E-state index contributed by atoms with van der Waals surface area (Å²) in [5.41, 5.74) is 14.7. The summed E-state index contributed by atoms with van der Waals surface area (Å²) >= 11 is 15.2. The van der Waals surface area contributed by atoms with Gasteiger partial charge in [-0.1, -0.05) is 127 Å². The Labute approximate surface area is 881 Å². The molecule has 147 heavy (non-hydrogen) atoms. The van der Waals surface area contributed by atoms with Gasteiger partial charge in [-0.25, -0.2) is 0 Å². The molecule has 788 valence electrons. The maximum Gasteiger partial charge on any atom is 0.373 e. The number of thiol groups is 1. The van der Waals surface area contributed by atoms with Gasteiger partial charge >= 0.3 is 42.3 Å². The van der Waals surface area contributed by atoms with E-state index in [1.165, 1.54) is 22.3 Å². The van der Waals surface area contributed by atoms with E-state index in [0.717, 1.165) is 112 Å². The normalized spacial score (nSPS) is 19.6. The van der Waals surface area contributed by atoms with Gasteiger partial charge in [0.2, 0.25) is 44.0 Å². The van der Waals surface area contributed by atoms with Crippen molar-refractivity contribution in [2.24, 2.45) is 17.8 Å². The molecule has 7 heterocycles. The molecule has 0 radical (unpaired) electrons. The van der Waals surface area contributed by atoms with E-state index in [9.17, 15) is 58.5 Å². The third-order valence-electron chi connectivity index (χ3n) is 26.7. The lowest BCUT2D eigenvalue weighted by Gasteiger charge is -2.38. The number of anilines is 3. The van der Waals surface area contributed by atoms with E-state index in [0.29, 0.717) is 166 Å². The maximum absolute atomic E-state index is 13.1. The van der Waals surface area contributed by atoms with Crippen molar-refractivity contribution in [3.63, 3.8) is 0 Å². The number of likely N-dealkylation sites (N-methyl/N-ethyl adjacent to an activating group) is 3. The van der Waals surface area contributed by atoms with Crippen LogP contribution in [0.4, 0.5) is 17.1 Å². The largest absolute Gasteiger partial charge is 0.480 e. The molecular formula is C103H124Br3N15O25S. The Balaban J connectivity index is 0.000000202. The molecule has 0 aromatic heterocycles. The molecule has 10 aliphatic rings. The van der Waals surface area contributed by atoms with Crippen molar-refractivity contribution in [3.8, 4) is 34.5 Å². The molecule has 1 saturated heterocycles. The summed E-state index contributed by atoms with van der Waals surface area (Å²) in [5, 5.41) is 62.8. The molecule has 0 spiro atoms. The highest BCUT2D eigenvalue weighted by Gasteiger charge is 2.44. The monoisotopic (exact) mass is 2240 g/mol. The maximum atomic E-state index is 13.1. The number of fused-ring (bicyclic) bond motifs is 12. The highest BCUT2D eigenvalue weighted by molar-refractivity contribution is 9.11. The topological polar surface area (TPSA) is 511 Å². The average Bonchev–Trinajstić information content (AvgIpc) is 1.66. The van der Waals surface area contributed by atoms with Gasteiger partial charge in [-0.2, -0.15) is 41.4 Å². The molecule has 4 amide bonds. The van der Waals surface area contributed by atoms with Crippen molar-refractivity contribution in [1.29, 1.82) is 0 Å². The van der Waals surface area contributed by atoms with Crippen LogP contribution in [0.15, 0.2) is 153 Å². The number of carboxylic acid groups (broad SMARTS) is 4. The third-order valence-corrected chi connectivity index (χ3v) is 29.1. The van der Waals surface area contributed by atoms with Gasteiger partial charge in [0, 0.05) is 164 Å². The number of carbonyl (C=O) groups excluding carboxylic acids is 11. The summed E-state index contributed by atoms with van der Waals surface area (Å²) in [6, 6.07) is 32.1. The highest BCUT2D eigenvalue weighted by Crippen LogP contribution is 2.56. The zero-order chi connectivity index (χ0) is 106. The molecule has 12 N–H and O–H groups in total. The molecule has 44 heteroatoms. The zero-order valence-corrected chi connectivity index (χ0v) is 87.5. The van der Waals surface area contributed by atoms with Crippen molar-refractivity contribution >= 4 is 149 Å². The van der Waals surface area contributed by atoms with Crippen LogP contribution in [0.25, 0.3) is 0 Å². The summed E-state index contributed by atoms with van der Waals surface area (Å²) in [4.78, 5) is 168. The second kappa shape index (κ2) is 57.6. The second-order valence-electron chi connectivity index (χ2n) is 36.8. The Bertz CT molecular complexity index is 5830. The SMILES string of the molecule is C=C(CCC(=O)CS)NCC(=O)NCC(=O)NCCc1ccc2c(c1)C1C=CCC1C(c1cc3c(cc1Br)OCO3)N2.CN(CCN(CCN(C)CC(=O)NCCc1ccc2c(c1)C1C=CCC1C(c1cc3c(cc1Br)OCO3)N2)CC(=O)O)CC(=O)O.CN1CCN(CC(=O)O)CCN(CC(=O)O)CCN(CC(=O)NCCc2ccc3c(c2)C2C=CCC2C(c2cc4c(cc2Br)OCO4)N3)CC1.O=C=O.O=C=O.O=C=O. The van der Waals surface area contributed by atoms with E-state index in [1.54, 1.807) is 16.8 Å². The number of carbonyl (C=O) groups is 9. The number of halogens is 3. The van der Waals surface area contributed by atoms with Crippen molar-refractivity contribution in [2.75, 3.05) is 214 Å². The Morgan fingerprint density at radius 1 is 0.415 bits per heavy atom. The molecule has 1 fully saturated rings. The molecule has 40 nitrogen and oxygen atoms in total. The number of benzene rings is 6. The minimum atomic E-state index is -0.948. The lowest BCUT2D eigenvalue weighted by molar-refractivity contribution is -0.193. The zero-order valence-electron chi connectivity index (χ0n) is 81.9. The second-order valence-corrected chi connectivity index (χ2v) is 39.7. The van der Waals surface area contributed by atoms with Crippen molar-refractivity contribution in [3.05, 3.63) is 203 Å². The summed E-state index contributed by atoms with van der Waals surface area (Å²) in [7, 11) is 5.50. The number of nitrogens with one attached hydrogen (secondary N) is 8. The predicted octanol–water partition coefficient (Wildman–Crippen LogP) is 8.09. The highest BCUT2D eigenvalue weighted by atomic mass is 79.9. The van der Waals surface area contributed by atoms with Gasteiger partial charge in [0.25, 0.3) is 0 Å². The number of amides is 4. The van der Waals surface area contributed by atoms with E-state index < -0.39 is 23.9 Å². The standard InChI is InChI=1S/C36H47BrN6O7.C33H42BrN5O7.C31H35BrN4O5S.3CO2/c1-40-9-11-41(13-14-43(22-35(47)48)16-15-42(12-10-40)21-34(45)46)20-33(44)38-8-7-24-5-6-30-27(17-24)25-3-2-4-26(25)36(39-30)28-18-31-32(19-29(28)37)50-23-49-31;1-37(10-12-39(19-32(43)44)13-11-38(2)18-31(41)42)17-30(40)35-9-8-21-6-7-27-24(14-21)22-4-3-5-23(22)33(36-27)25-15-28-29(16-26(25)34)46-20-45-28;1-18(5-7-20(37)16-42)34-14-30(39)35-15-29(38)33-10-9-19-6-8-26-23(11-19)21-3-2-4-22(21)31(36-26)24-12-27-28(13-25(24)32)41-17-40-27;3*2-1-3/h2-3,5-6,17-19,25-26,36,39H,4,7-16,20-23H2,1H3,(H,38,44)(H,45,46)(H,47,48);3-4,6-7,14-16,22-23,33,36H,5,8-13,17-20H2,1-2H3,(H,35,40)(H,41,42)(H,43,44);2-3,6,8,11-13,21-22,31,34,36,42H,1,4-5,7,9-10,14-17H2,(H,33,38)(H,35,39);;;. The van der Waals surface area contributed by atoms with Crippen LogP contribution in [0.5, 0.6) is 34.5 Å². The van der Waals surface area contributed by atoms with E-state index in [-0.39, 0.29) is 150 Å². The Kier molecular flexibility index (Phi) is 44.9. The van der Waals surface area contributed by atoms with E-state index >= 15 is 0 Å². The van der Waals surface area contributed by atoms with Crippen molar-refractivity contribution in [2.45, 2.75) is 87.2 Å². The molecule has 16 rings (SSSR count). The summed E-state index contributed by atoms with van der Waals surface area (Å²) in [5.74, 6) is 2.35. The molecule has 9 atom stereocenters. The van der Waals surface area contributed by atoms with Crippen molar-refractivity contribution < 1.29 is 121 Å². The Morgan fingerprint density at radius 2 is 0.748 bits per heavy atom. The van der Waals surface area contributed by atoms with Crippen LogP contribution in [0.2, 0.25) is 0 Å². The van der Waals surface area contributed by atoms with Crippen LogP contribution in [0.3, 0.4) is 0 Å². The van der Waals surface area contributed by atoms with Crippen LogP contribution < -0.4 is 71.0 Å². The molecule has 0 bridgehead atoms. The van der Waals surface area contributed by atoms with E-state index in [4.69, 9.17) is 62.3 Å². The molecular weight excluding hydrogens is 2120 g/mol. The van der Waals surface area contributed by atoms with Crippen LogP contribution in [0.1, 0.15) is 118 Å². The first kappa shape index (κ1) is 115. The number of nitrogens with zero attached hydrogens (tertiary/aromatic N) is 7. The van der Waals surface area contributed by atoms with Crippen LogP contribution >= 0.6 is 60.4 Å². The van der Waals surface area contributed by atoms with Gasteiger partial charge in [0.05, 0.1) is 70.5 Å². The first-order valence-electron chi connectivity index (χ1n) is 48.1. The fourth-order valence-electron chi connectivity index (χ4n) is 19.4. The Hall–Kier alpha value is -12.6. The Morgan fingerprint density at radius 3 is 1.12 bits per heavy atom. The number of aliphatic carboxylic acids is 4. The average molecular weight is 2240 g/mol. The van der Waals surface area contributed by atoms with Gasteiger partial charge in [-0.3, -0.25) is 72.6 Å². The third kappa shape index (κ3) is 34.2. The lowest BCUT2D eigenvalue weighted by Crippen LogP contribution is -2.48. The number of ether oxygens (including phenoxy) is 6. The number of ketones is 1. The van der Waals surface area contributed by atoms with Crippen LogP contribution in [-0.4, -0.2) is 324 Å². The number of carboxylic acids is 4. The van der Waals surface area contributed by atoms with Gasteiger partial charge in [-0.15, -0.1) is 0 Å². The van der Waals surface area contributed by atoms with Gasteiger partial charge in [-0.05, 0) is 189 Å². The fraction of sp³-hybridized carbons (Fsp3) is 0.456. The minimum Gasteiger partial charge on any atom is -0.480 e.